The quantitative estimate of drug-likeness (QED) is 0.913. The second kappa shape index (κ2) is 5.02. The summed E-state index contributed by atoms with van der Waals surface area (Å²) in [6.45, 7) is 5.94. The molecule has 1 atom stereocenters. The van der Waals surface area contributed by atoms with Gasteiger partial charge >= 0.3 is 0 Å². The van der Waals surface area contributed by atoms with Crippen LogP contribution in [0.15, 0.2) is 27.2 Å². The van der Waals surface area contributed by atoms with Crippen molar-refractivity contribution in [3.05, 3.63) is 34.3 Å². The van der Waals surface area contributed by atoms with Crippen molar-refractivity contribution in [3.63, 3.8) is 0 Å². The molecule has 1 aromatic heterocycles. The van der Waals surface area contributed by atoms with Gasteiger partial charge in [-0.25, -0.2) is 4.39 Å². The van der Waals surface area contributed by atoms with Crippen LogP contribution < -0.4 is 5.73 Å². The highest BCUT2D eigenvalue weighted by Gasteiger charge is 2.27. The van der Waals surface area contributed by atoms with E-state index in [1.54, 1.807) is 18.2 Å². The monoisotopic (exact) mass is 327 g/mol. The summed E-state index contributed by atoms with van der Waals surface area (Å²) in [6.07, 6.45) is 0. The van der Waals surface area contributed by atoms with Crippen LogP contribution in [0.25, 0.3) is 11.5 Å². The first-order valence-corrected chi connectivity index (χ1v) is 6.63. The maximum Gasteiger partial charge on any atom is 0.260 e. The molecule has 1 heterocycles. The number of nitrogens with zero attached hydrogens (tertiary/aromatic N) is 2. The van der Waals surface area contributed by atoms with Gasteiger partial charge in [0.2, 0.25) is 0 Å². The topological polar surface area (TPSA) is 64.9 Å². The van der Waals surface area contributed by atoms with E-state index in [0.717, 1.165) is 0 Å². The average molecular weight is 328 g/mol. The fourth-order valence-corrected chi connectivity index (χ4v) is 1.89. The van der Waals surface area contributed by atoms with Crippen LogP contribution in [0.3, 0.4) is 0 Å². The Morgan fingerprint density at radius 3 is 2.68 bits per heavy atom. The van der Waals surface area contributed by atoms with Crippen molar-refractivity contribution in [3.8, 4) is 11.5 Å². The van der Waals surface area contributed by atoms with Gasteiger partial charge in [0.25, 0.3) is 5.89 Å². The molecule has 4 nitrogen and oxygen atoms in total. The van der Waals surface area contributed by atoms with Crippen molar-refractivity contribution in [2.24, 2.45) is 11.1 Å². The lowest BCUT2D eigenvalue weighted by atomic mass is 9.87. The third kappa shape index (κ3) is 2.84. The van der Waals surface area contributed by atoms with Gasteiger partial charge in [0, 0.05) is 0 Å². The van der Waals surface area contributed by atoms with E-state index in [1.165, 1.54) is 0 Å². The van der Waals surface area contributed by atoms with Gasteiger partial charge in [-0.1, -0.05) is 32.0 Å². The summed E-state index contributed by atoms with van der Waals surface area (Å²) in [7, 11) is 0. The standard InChI is InChI=1S/C13H15BrFN3O/c1-13(2,3)10(16)11-17-12(19-18-11)7-5-4-6-8(14)9(7)15/h4-6,10H,16H2,1-3H3. The van der Waals surface area contributed by atoms with E-state index in [-0.39, 0.29) is 22.9 Å². The second-order valence-electron chi connectivity index (χ2n) is 5.40. The lowest BCUT2D eigenvalue weighted by Gasteiger charge is -2.23. The molecule has 0 saturated heterocycles. The summed E-state index contributed by atoms with van der Waals surface area (Å²) in [4.78, 5) is 4.19. The Labute approximate surface area is 119 Å². The zero-order valence-electron chi connectivity index (χ0n) is 10.9. The minimum Gasteiger partial charge on any atom is -0.334 e. The molecule has 102 valence electrons. The largest absolute Gasteiger partial charge is 0.334 e. The molecule has 1 aromatic carbocycles. The molecule has 2 rings (SSSR count). The van der Waals surface area contributed by atoms with Crippen LogP contribution in [0.2, 0.25) is 0 Å². The Morgan fingerprint density at radius 1 is 1.37 bits per heavy atom. The Hall–Kier alpha value is -1.27. The van der Waals surface area contributed by atoms with Gasteiger partial charge in [0.05, 0.1) is 16.1 Å². The molecule has 0 aliphatic rings. The van der Waals surface area contributed by atoms with Crippen molar-refractivity contribution >= 4 is 15.9 Å². The summed E-state index contributed by atoms with van der Waals surface area (Å²) >= 11 is 3.12. The third-order valence-electron chi connectivity index (χ3n) is 2.83. The molecule has 0 aliphatic heterocycles. The van der Waals surface area contributed by atoms with E-state index < -0.39 is 5.82 Å². The fraction of sp³-hybridized carbons (Fsp3) is 0.385. The van der Waals surface area contributed by atoms with Gasteiger partial charge in [-0.3, -0.25) is 0 Å². The molecule has 0 fully saturated rings. The fourth-order valence-electron chi connectivity index (χ4n) is 1.53. The zero-order chi connectivity index (χ0) is 14.2. The number of nitrogens with two attached hydrogens (primary N) is 1. The number of benzene rings is 1. The molecule has 0 spiro atoms. The minimum atomic E-state index is -0.429. The first-order valence-electron chi connectivity index (χ1n) is 5.84. The maximum atomic E-state index is 13.9. The van der Waals surface area contributed by atoms with Crippen molar-refractivity contribution in [1.29, 1.82) is 0 Å². The van der Waals surface area contributed by atoms with Gasteiger partial charge < -0.3 is 10.3 Å². The molecule has 1 unspecified atom stereocenters. The molecule has 19 heavy (non-hydrogen) atoms. The van der Waals surface area contributed by atoms with Crippen LogP contribution >= 0.6 is 15.9 Å². The molecule has 2 aromatic rings. The smallest absolute Gasteiger partial charge is 0.260 e. The average Bonchev–Trinajstić information content (AvgIpc) is 2.79. The van der Waals surface area contributed by atoms with Crippen molar-refractivity contribution < 1.29 is 8.91 Å². The van der Waals surface area contributed by atoms with Crippen LogP contribution in [0.4, 0.5) is 4.39 Å². The van der Waals surface area contributed by atoms with Gasteiger partial charge in [0.1, 0.15) is 5.82 Å². The number of rotatable bonds is 2. The van der Waals surface area contributed by atoms with Crippen LogP contribution in [0, 0.1) is 11.2 Å². The lowest BCUT2D eigenvalue weighted by Crippen LogP contribution is -2.27. The lowest BCUT2D eigenvalue weighted by molar-refractivity contribution is 0.303. The maximum absolute atomic E-state index is 13.9. The minimum absolute atomic E-state index is 0.133. The predicted molar refractivity (Wildman–Crippen MR) is 73.8 cm³/mol. The SMILES string of the molecule is CC(C)(C)C(N)c1noc(-c2cccc(Br)c2F)n1. The molecule has 0 radical (unpaired) electrons. The number of hydrogen-bond acceptors (Lipinski definition) is 4. The molecule has 0 saturated carbocycles. The van der Waals surface area contributed by atoms with Gasteiger partial charge in [0.15, 0.2) is 5.82 Å². The van der Waals surface area contributed by atoms with Crippen LogP contribution in [-0.2, 0) is 0 Å². The van der Waals surface area contributed by atoms with Crippen molar-refractivity contribution in [2.75, 3.05) is 0 Å². The predicted octanol–water partition coefficient (Wildman–Crippen LogP) is 3.68. The molecule has 6 heteroatoms. The van der Waals surface area contributed by atoms with Crippen molar-refractivity contribution in [1.82, 2.24) is 10.1 Å². The van der Waals surface area contributed by atoms with E-state index in [0.29, 0.717) is 10.3 Å². The number of aromatic nitrogens is 2. The Bertz CT molecular complexity index is 592. The van der Waals surface area contributed by atoms with Crippen LogP contribution in [-0.4, -0.2) is 10.1 Å². The van der Waals surface area contributed by atoms with Crippen LogP contribution in [0.1, 0.15) is 32.6 Å². The molecule has 2 N–H and O–H groups in total. The van der Waals surface area contributed by atoms with E-state index in [2.05, 4.69) is 26.1 Å². The first kappa shape index (κ1) is 14.1. The van der Waals surface area contributed by atoms with E-state index >= 15 is 0 Å². The highest BCUT2D eigenvalue weighted by Crippen LogP contribution is 2.31. The summed E-state index contributed by atoms with van der Waals surface area (Å²) in [5, 5.41) is 3.84. The number of hydrogen-bond donors (Lipinski definition) is 1. The van der Waals surface area contributed by atoms with E-state index in [4.69, 9.17) is 10.3 Å². The number of halogens is 2. The molecular weight excluding hydrogens is 313 g/mol. The second-order valence-corrected chi connectivity index (χ2v) is 6.26. The van der Waals surface area contributed by atoms with Crippen LogP contribution in [0.5, 0.6) is 0 Å². The van der Waals surface area contributed by atoms with E-state index in [9.17, 15) is 4.39 Å². The highest BCUT2D eigenvalue weighted by molar-refractivity contribution is 9.10. The Morgan fingerprint density at radius 2 is 2.05 bits per heavy atom. The molecular formula is C13H15BrFN3O. The summed E-state index contributed by atoms with van der Waals surface area (Å²) in [5.41, 5.74) is 6.10. The normalized spacial score (nSPS) is 13.6. The first-order chi connectivity index (χ1) is 8.80. The Balaban J connectivity index is 2.39. The molecule has 0 bridgehead atoms. The van der Waals surface area contributed by atoms with Gasteiger partial charge in [-0.15, -0.1) is 0 Å². The molecule has 0 aliphatic carbocycles. The third-order valence-corrected chi connectivity index (χ3v) is 3.45. The summed E-state index contributed by atoms with van der Waals surface area (Å²) in [5.74, 6) is 0.0809. The Kier molecular flexibility index (Phi) is 3.73. The highest BCUT2D eigenvalue weighted by atomic mass is 79.9. The van der Waals surface area contributed by atoms with Crippen molar-refractivity contribution in [2.45, 2.75) is 26.8 Å². The van der Waals surface area contributed by atoms with Gasteiger partial charge in [-0.2, -0.15) is 4.98 Å². The van der Waals surface area contributed by atoms with Gasteiger partial charge in [-0.05, 0) is 33.5 Å². The zero-order valence-corrected chi connectivity index (χ0v) is 12.5. The van der Waals surface area contributed by atoms with E-state index in [1.807, 2.05) is 20.8 Å². The molecule has 0 amide bonds. The summed E-state index contributed by atoms with van der Waals surface area (Å²) in [6, 6.07) is 4.52. The summed E-state index contributed by atoms with van der Waals surface area (Å²) < 4.78 is 19.4.